The number of ether oxygens (including phenoxy) is 4. The van der Waals surface area contributed by atoms with E-state index in [9.17, 15) is 43.2 Å². The van der Waals surface area contributed by atoms with Crippen molar-refractivity contribution in [1.82, 2.24) is 0 Å². The number of unbranched alkanes of at least 4 members (excludes halogenated alkanes) is 38. The lowest BCUT2D eigenvalue weighted by Crippen LogP contribution is -2.30. The molecule has 93 heavy (non-hydrogen) atoms. The third kappa shape index (κ3) is 65.8. The van der Waals surface area contributed by atoms with Gasteiger partial charge >= 0.3 is 39.5 Å². The van der Waals surface area contributed by atoms with Crippen molar-refractivity contribution in [3.8, 4) is 0 Å². The lowest BCUT2D eigenvalue weighted by atomic mass is 9.99. The highest BCUT2D eigenvalue weighted by Gasteiger charge is 2.30. The summed E-state index contributed by atoms with van der Waals surface area (Å²) in [6.07, 6.45) is 49.9. The highest BCUT2D eigenvalue weighted by molar-refractivity contribution is 7.47. The third-order valence-corrected chi connectivity index (χ3v) is 19.8. The zero-order valence-corrected chi connectivity index (χ0v) is 62.5. The molecule has 0 rings (SSSR count). The van der Waals surface area contributed by atoms with Gasteiger partial charge in [0.2, 0.25) is 0 Å². The summed E-state index contributed by atoms with van der Waals surface area (Å²) in [6, 6.07) is 0. The van der Waals surface area contributed by atoms with E-state index >= 15 is 0 Å². The van der Waals surface area contributed by atoms with Gasteiger partial charge in [-0.05, 0) is 43.4 Å². The van der Waals surface area contributed by atoms with E-state index in [1.165, 1.54) is 186 Å². The van der Waals surface area contributed by atoms with Crippen molar-refractivity contribution in [2.75, 3.05) is 39.6 Å². The molecule has 0 saturated carbocycles. The maximum atomic E-state index is 13.1. The van der Waals surface area contributed by atoms with Gasteiger partial charge in [-0.25, -0.2) is 9.13 Å². The molecule has 19 heteroatoms. The minimum absolute atomic E-state index is 0.103. The maximum Gasteiger partial charge on any atom is 0.472 e. The fraction of sp³-hybridized carbons (Fsp3) is 0.946. The summed E-state index contributed by atoms with van der Waals surface area (Å²) in [7, 11) is -9.91. The second-order valence-electron chi connectivity index (χ2n) is 27.6. The smallest absolute Gasteiger partial charge is 0.462 e. The lowest BCUT2D eigenvalue weighted by Gasteiger charge is -2.21. The van der Waals surface area contributed by atoms with E-state index in [1.807, 2.05) is 0 Å². The standard InChI is InChI=1S/C74H144O17P2/c1-8-11-12-13-14-15-28-33-41-48-55-71(76)85-62-70(91-74(79)58-51-44-37-36-40-47-54-67(7)10-3)64-89-93(82,83)87-60-68(75)59-86-92(80,81)88-63-69(61-84-72(77)56-49-42-34-29-25-24-27-32-39-46-53-66(6)9-2)90-73(78)57-50-43-35-30-23-21-19-17-16-18-20-22-26-31-38-45-52-65(4)5/h65-70,75H,8-64H2,1-7H3,(H,80,81)(H,82,83)/t66?,67?,68-,69-,70-/m1/s1. The summed E-state index contributed by atoms with van der Waals surface area (Å²) in [6.45, 7) is 11.9. The molecule has 0 bridgehead atoms. The fourth-order valence-corrected chi connectivity index (χ4v) is 12.8. The van der Waals surface area contributed by atoms with Crippen molar-refractivity contribution in [1.29, 1.82) is 0 Å². The Kier molecular flexibility index (Phi) is 63.4. The molecule has 0 fully saturated rings. The van der Waals surface area contributed by atoms with Crippen LogP contribution in [0.15, 0.2) is 0 Å². The molecule has 0 aromatic rings. The Morgan fingerprint density at radius 2 is 0.548 bits per heavy atom. The van der Waals surface area contributed by atoms with Crippen LogP contribution >= 0.6 is 15.6 Å². The van der Waals surface area contributed by atoms with Gasteiger partial charge in [0.1, 0.15) is 19.3 Å². The summed E-state index contributed by atoms with van der Waals surface area (Å²) in [5, 5.41) is 10.6. The van der Waals surface area contributed by atoms with Crippen LogP contribution in [0.1, 0.15) is 376 Å². The fourth-order valence-electron chi connectivity index (χ4n) is 11.2. The lowest BCUT2D eigenvalue weighted by molar-refractivity contribution is -0.161. The van der Waals surface area contributed by atoms with Crippen molar-refractivity contribution < 1.29 is 80.2 Å². The van der Waals surface area contributed by atoms with Gasteiger partial charge in [-0.1, -0.05) is 325 Å². The monoisotopic (exact) mass is 1370 g/mol. The Hall–Kier alpha value is -1.94. The van der Waals surface area contributed by atoms with Crippen LogP contribution in [0.3, 0.4) is 0 Å². The summed E-state index contributed by atoms with van der Waals surface area (Å²) in [4.78, 5) is 72.7. The molecule has 7 atom stereocenters. The molecule has 0 spiro atoms. The molecule has 0 heterocycles. The summed E-state index contributed by atoms with van der Waals surface area (Å²) in [5.41, 5.74) is 0. The summed E-state index contributed by atoms with van der Waals surface area (Å²) < 4.78 is 68.4. The van der Waals surface area contributed by atoms with Crippen LogP contribution in [0, 0.1) is 17.8 Å². The van der Waals surface area contributed by atoms with Crippen molar-refractivity contribution >= 4 is 39.5 Å². The zero-order chi connectivity index (χ0) is 68.7. The number of esters is 4. The Balaban J connectivity index is 5.23. The number of aliphatic hydroxyl groups excluding tert-OH is 1. The van der Waals surface area contributed by atoms with Gasteiger partial charge in [0.05, 0.1) is 26.4 Å². The molecule has 0 aliphatic carbocycles. The predicted octanol–water partition coefficient (Wildman–Crippen LogP) is 21.4. The van der Waals surface area contributed by atoms with E-state index in [4.69, 9.17) is 37.0 Å². The van der Waals surface area contributed by atoms with Crippen molar-refractivity contribution in [3.05, 3.63) is 0 Å². The Morgan fingerprint density at radius 1 is 0.312 bits per heavy atom. The normalized spacial score (nSPS) is 14.7. The highest BCUT2D eigenvalue weighted by Crippen LogP contribution is 2.45. The maximum absolute atomic E-state index is 13.1. The largest absolute Gasteiger partial charge is 0.472 e. The molecule has 3 N–H and O–H groups in total. The molecule has 0 aromatic heterocycles. The Morgan fingerprint density at radius 3 is 0.817 bits per heavy atom. The summed E-state index contributed by atoms with van der Waals surface area (Å²) >= 11 is 0. The van der Waals surface area contributed by atoms with Gasteiger partial charge in [0.15, 0.2) is 12.2 Å². The van der Waals surface area contributed by atoms with E-state index in [1.54, 1.807) is 0 Å². The van der Waals surface area contributed by atoms with E-state index in [2.05, 4.69) is 48.5 Å². The number of aliphatic hydroxyl groups is 1. The Labute approximate surface area is 568 Å². The summed E-state index contributed by atoms with van der Waals surface area (Å²) in [5.74, 6) is 0.216. The minimum Gasteiger partial charge on any atom is -0.462 e. The van der Waals surface area contributed by atoms with Crippen molar-refractivity contribution in [2.24, 2.45) is 17.8 Å². The van der Waals surface area contributed by atoms with E-state index < -0.39 is 97.5 Å². The van der Waals surface area contributed by atoms with Crippen LogP contribution in [-0.2, 0) is 65.4 Å². The second-order valence-corrected chi connectivity index (χ2v) is 30.6. The van der Waals surface area contributed by atoms with Gasteiger partial charge in [0.25, 0.3) is 0 Å². The Bertz CT molecular complexity index is 1820. The van der Waals surface area contributed by atoms with Crippen LogP contribution in [0.5, 0.6) is 0 Å². The molecule has 0 aromatic carbocycles. The number of phosphoric acid groups is 2. The average molecular weight is 1370 g/mol. The first-order valence-corrected chi connectivity index (χ1v) is 41.4. The predicted molar refractivity (Wildman–Crippen MR) is 377 cm³/mol. The molecule has 4 unspecified atom stereocenters. The van der Waals surface area contributed by atoms with Gasteiger partial charge in [0, 0.05) is 25.7 Å². The zero-order valence-electron chi connectivity index (χ0n) is 60.7. The SMILES string of the molecule is CCCCCCCCCCCCC(=O)OC[C@H](COP(=O)(O)OC[C@H](O)COP(=O)(O)OC[C@@H](COC(=O)CCCCCCCCCCCCC(C)CC)OC(=O)CCCCCCCCCCCCCCCCCCC(C)C)OC(=O)CCCCCCCCC(C)CC. The first-order valence-electron chi connectivity index (χ1n) is 38.4. The molecular formula is C74H144O17P2. The molecule has 552 valence electrons. The second kappa shape index (κ2) is 64.7. The van der Waals surface area contributed by atoms with Crippen LogP contribution in [0.4, 0.5) is 0 Å². The van der Waals surface area contributed by atoms with Crippen molar-refractivity contribution in [2.45, 2.75) is 394 Å². The van der Waals surface area contributed by atoms with Crippen LogP contribution in [-0.4, -0.2) is 96.7 Å². The van der Waals surface area contributed by atoms with Gasteiger partial charge in [-0.2, -0.15) is 0 Å². The quantitative estimate of drug-likeness (QED) is 0.0222. The molecule has 0 radical (unpaired) electrons. The molecule has 0 aliphatic heterocycles. The van der Waals surface area contributed by atoms with E-state index in [-0.39, 0.29) is 25.7 Å². The van der Waals surface area contributed by atoms with Crippen LogP contribution in [0.25, 0.3) is 0 Å². The van der Waals surface area contributed by atoms with Crippen LogP contribution < -0.4 is 0 Å². The number of rotatable bonds is 72. The first-order chi connectivity index (χ1) is 44.8. The number of phosphoric ester groups is 2. The topological polar surface area (TPSA) is 237 Å². The molecular weight excluding hydrogens is 1220 g/mol. The third-order valence-electron chi connectivity index (χ3n) is 17.9. The molecule has 0 amide bonds. The average Bonchev–Trinajstić information content (AvgIpc) is 3.57. The van der Waals surface area contributed by atoms with Gasteiger partial charge in [-0.15, -0.1) is 0 Å². The van der Waals surface area contributed by atoms with E-state index in [0.29, 0.717) is 25.7 Å². The van der Waals surface area contributed by atoms with Crippen LogP contribution in [0.2, 0.25) is 0 Å². The number of hydrogen-bond acceptors (Lipinski definition) is 15. The first kappa shape index (κ1) is 91.1. The molecule has 0 aliphatic rings. The molecule has 17 nitrogen and oxygen atoms in total. The molecule has 0 saturated heterocycles. The number of carbonyl (C=O) groups excluding carboxylic acids is 4. The van der Waals surface area contributed by atoms with Crippen molar-refractivity contribution in [3.63, 3.8) is 0 Å². The highest BCUT2D eigenvalue weighted by atomic mass is 31.2. The minimum atomic E-state index is -4.96. The number of carbonyl (C=O) groups is 4. The van der Waals surface area contributed by atoms with Gasteiger partial charge in [-0.3, -0.25) is 37.3 Å². The van der Waals surface area contributed by atoms with E-state index in [0.717, 1.165) is 108 Å². The van der Waals surface area contributed by atoms with Gasteiger partial charge < -0.3 is 33.8 Å². The number of hydrogen-bond donors (Lipinski definition) is 3.